The minimum atomic E-state index is -1.14. The molecule has 1 spiro atoms. The highest BCUT2D eigenvalue weighted by Crippen LogP contribution is 2.47. The van der Waals surface area contributed by atoms with Gasteiger partial charge in [0.1, 0.15) is 11.5 Å². The average molecular weight is 281 g/mol. The number of rotatable bonds is 2. The average Bonchev–Trinajstić information content (AvgIpc) is 2.59. The molecule has 0 amide bonds. The van der Waals surface area contributed by atoms with Crippen molar-refractivity contribution in [1.82, 2.24) is 0 Å². The van der Waals surface area contributed by atoms with E-state index in [0.717, 1.165) is 0 Å². The highest BCUT2D eigenvalue weighted by atomic mass is 16.6. The van der Waals surface area contributed by atoms with Crippen LogP contribution in [0.25, 0.3) is 0 Å². The number of carbonyl (C=O) groups excluding carboxylic acids is 2. The van der Waals surface area contributed by atoms with Gasteiger partial charge in [-0.3, -0.25) is 9.59 Å². The second-order valence-electron chi connectivity index (χ2n) is 5.86. The minimum absolute atomic E-state index is 0.169. The molecule has 110 valence electrons. The van der Waals surface area contributed by atoms with Crippen LogP contribution in [-0.2, 0) is 23.8 Å². The van der Waals surface area contributed by atoms with Crippen molar-refractivity contribution >= 4 is 11.9 Å². The fourth-order valence-corrected chi connectivity index (χ4v) is 3.14. The Balaban J connectivity index is 2.31. The summed E-state index contributed by atoms with van der Waals surface area (Å²) in [6, 6.07) is 2.08. The zero-order chi connectivity index (χ0) is 15.0. The molecule has 2 aliphatic rings. The lowest BCUT2D eigenvalue weighted by Gasteiger charge is -2.42. The van der Waals surface area contributed by atoms with Gasteiger partial charge in [-0.05, 0) is 20.8 Å². The molecule has 0 aromatic rings. The van der Waals surface area contributed by atoms with Crippen molar-refractivity contribution in [2.75, 3.05) is 13.2 Å². The monoisotopic (exact) mass is 281 g/mol. The van der Waals surface area contributed by atoms with Gasteiger partial charge in [-0.2, -0.15) is 5.26 Å². The molecule has 6 heteroatoms. The molecule has 6 nitrogen and oxygen atoms in total. The minimum Gasteiger partial charge on any atom is -0.465 e. The molecule has 0 radical (unpaired) electrons. The van der Waals surface area contributed by atoms with Crippen molar-refractivity contribution in [3.8, 4) is 6.07 Å². The molecule has 2 aliphatic heterocycles. The summed E-state index contributed by atoms with van der Waals surface area (Å²) >= 11 is 0. The maximum absolute atomic E-state index is 12.0. The van der Waals surface area contributed by atoms with Crippen LogP contribution < -0.4 is 0 Å². The third-order valence-electron chi connectivity index (χ3n) is 3.88. The van der Waals surface area contributed by atoms with Gasteiger partial charge in [0.05, 0.1) is 24.9 Å². The molecule has 0 bridgehead atoms. The molecule has 0 unspecified atom stereocenters. The largest absolute Gasteiger partial charge is 0.465 e. The maximum atomic E-state index is 12.0. The fraction of sp³-hybridized carbons (Fsp3) is 0.786. The Labute approximate surface area is 118 Å². The Morgan fingerprint density at radius 1 is 1.55 bits per heavy atom. The van der Waals surface area contributed by atoms with E-state index in [1.807, 2.05) is 13.8 Å². The number of nitrogens with zero attached hydrogens (tertiary/aromatic N) is 1. The predicted octanol–water partition coefficient (Wildman–Crippen LogP) is 1.19. The van der Waals surface area contributed by atoms with Crippen LogP contribution in [-0.4, -0.2) is 36.4 Å². The van der Waals surface area contributed by atoms with E-state index >= 15 is 0 Å². The van der Waals surface area contributed by atoms with E-state index in [4.69, 9.17) is 14.2 Å². The Hall–Kier alpha value is -1.61. The standard InChI is InChI=1S/C14H19NO5/c1-4-18-11(16)10-9(7-15)14(20-12(10)17)5-6-19-13(2,3)8-14/h9-10H,4-6,8H2,1-3H3/t9-,10-,14+/m1/s1. The van der Waals surface area contributed by atoms with Gasteiger partial charge in [0, 0.05) is 12.8 Å². The summed E-state index contributed by atoms with van der Waals surface area (Å²) in [5.41, 5.74) is -1.43. The van der Waals surface area contributed by atoms with Crippen molar-refractivity contribution in [2.45, 2.75) is 44.8 Å². The van der Waals surface area contributed by atoms with Crippen LogP contribution in [0, 0.1) is 23.2 Å². The molecule has 2 rings (SSSR count). The van der Waals surface area contributed by atoms with Crippen molar-refractivity contribution in [3.05, 3.63) is 0 Å². The zero-order valence-corrected chi connectivity index (χ0v) is 12.0. The lowest BCUT2D eigenvalue weighted by atomic mass is 9.73. The van der Waals surface area contributed by atoms with Crippen LogP contribution in [0.5, 0.6) is 0 Å². The van der Waals surface area contributed by atoms with Gasteiger partial charge in [-0.1, -0.05) is 0 Å². The molecule has 3 atom stereocenters. The number of esters is 2. The molecule has 2 heterocycles. The van der Waals surface area contributed by atoms with Crippen LogP contribution in [0.1, 0.15) is 33.6 Å². The molecular formula is C14H19NO5. The summed E-state index contributed by atoms with van der Waals surface area (Å²) in [7, 11) is 0. The number of carbonyl (C=O) groups is 2. The van der Waals surface area contributed by atoms with E-state index in [1.54, 1.807) is 6.92 Å². The van der Waals surface area contributed by atoms with E-state index in [-0.39, 0.29) is 6.61 Å². The van der Waals surface area contributed by atoms with Crippen LogP contribution >= 0.6 is 0 Å². The lowest BCUT2D eigenvalue weighted by molar-refractivity contribution is -0.175. The molecule has 2 saturated heterocycles. The van der Waals surface area contributed by atoms with Gasteiger partial charge in [0.25, 0.3) is 0 Å². The first kappa shape index (κ1) is 14.8. The number of ether oxygens (including phenoxy) is 3. The van der Waals surface area contributed by atoms with E-state index in [1.165, 1.54) is 0 Å². The normalized spacial score (nSPS) is 35.4. The van der Waals surface area contributed by atoms with Gasteiger partial charge in [-0.15, -0.1) is 0 Å². The number of hydrogen-bond acceptors (Lipinski definition) is 6. The van der Waals surface area contributed by atoms with Gasteiger partial charge >= 0.3 is 11.9 Å². The SMILES string of the molecule is CCOC(=O)[C@@H]1C(=O)O[C@]2(CCOC(C)(C)C2)[C@@H]1C#N. The topological polar surface area (TPSA) is 85.6 Å². The van der Waals surface area contributed by atoms with E-state index < -0.39 is 35.0 Å². The van der Waals surface area contributed by atoms with E-state index in [0.29, 0.717) is 19.4 Å². The predicted molar refractivity (Wildman–Crippen MR) is 67.3 cm³/mol. The molecule has 0 aromatic heterocycles. The van der Waals surface area contributed by atoms with Gasteiger partial charge in [-0.25, -0.2) is 0 Å². The quantitative estimate of drug-likeness (QED) is 0.558. The molecular weight excluding hydrogens is 262 g/mol. The summed E-state index contributed by atoms with van der Waals surface area (Å²) in [4.78, 5) is 23.9. The van der Waals surface area contributed by atoms with E-state index in [2.05, 4.69) is 6.07 Å². The van der Waals surface area contributed by atoms with Crippen molar-refractivity contribution < 1.29 is 23.8 Å². The summed E-state index contributed by atoms with van der Waals surface area (Å²) in [5, 5.41) is 9.43. The van der Waals surface area contributed by atoms with Gasteiger partial charge in [0.15, 0.2) is 5.92 Å². The summed E-state index contributed by atoms with van der Waals surface area (Å²) in [6.07, 6.45) is 0.830. The number of hydrogen-bond donors (Lipinski definition) is 0. The Kier molecular flexibility index (Phi) is 3.74. The molecule has 0 aliphatic carbocycles. The van der Waals surface area contributed by atoms with Crippen molar-refractivity contribution in [2.24, 2.45) is 11.8 Å². The van der Waals surface area contributed by atoms with Crippen LogP contribution in [0.3, 0.4) is 0 Å². The molecule has 2 fully saturated rings. The second-order valence-corrected chi connectivity index (χ2v) is 5.86. The van der Waals surface area contributed by atoms with Crippen LogP contribution in [0.2, 0.25) is 0 Å². The third-order valence-corrected chi connectivity index (χ3v) is 3.88. The smallest absolute Gasteiger partial charge is 0.322 e. The van der Waals surface area contributed by atoms with Gasteiger partial charge in [0.2, 0.25) is 0 Å². The summed E-state index contributed by atoms with van der Waals surface area (Å²) in [5.74, 6) is -3.30. The van der Waals surface area contributed by atoms with E-state index in [9.17, 15) is 14.9 Å². The molecule has 0 N–H and O–H groups in total. The highest BCUT2D eigenvalue weighted by Gasteiger charge is 2.62. The summed E-state index contributed by atoms with van der Waals surface area (Å²) in [6.45, 7) is 5.99. The molecule has 20 heavy (non-hydrogen) atoms. The van der Waals surface area contributed by atoms with Gasteiger partial charge < -0.3 is 14.2 Å². The Morgan fingerprint density at radius 3 is 2.80 bits per heavy atom. The third kappa shape index (κ3) is 2.38. The first-order valence-electron chi connectivity index (χ1n) is 6.78. The Bertz CT molecular complexity index is 467. The fourth-order valence-electron chi connectivity index (χ4n) is 3.14. The summed E-state index contributed by atoms with van der Waals surface area (Å²) < 4.78 is 16.0. The maximum Gasteiger partial charge on any atom is 0.322 e. The lowest BCUT2D eigenvalue weighted by Crippen LogP contribution is -2.50. The van der Waals surface area contributed by atoms with Crippen molar-refractivity contribution in [3.63, 3.8) is 0 Å². The zero-order valence-electron chi connectivity index (χ0n) is 12.0. The first-order valence-corrected chi connectivity index (χ1v) is 6.78. The van der Waals surface area contributed by atoms with Crippen LogP contribution in [0.15, 0.2) is 0 Å². The second kappa shape index (κ2) is 5.06. The highest BCUT2D eigenvalue weighted by molar-refractivity contribution is 5.97. The molecule has 0 aromatic carbocycles. The first-order chi connectivity index (χ1) is 9.35. The van der Waals surface area contributed by atoms with Crippen LogP contribution in [0.4, 0.5) is 0 Å². The molecule has 0 saturated carbocycles. The number of nitriles is 1. The Morgan fingerprint density at radius 2 is 2.25 bits per heavy atom. The van der Waals surface area contributed by atoms with Crippen molar-refractivity contribution in [1.29, 1.82) is 5.26 Å².